The summed E-state index contributed by atoms with van der Waals surface area (Å²) in [6.07, 6.45) is 2.28. The monoisotopic (exact) mass is 394 g/mol. The number of nitrogens with one attached hydrogen (secondary N) is 1. The van der Waals surface area contributed by atoms with Crippen LogP contribution in [0.3, 0.4) is 0 Å². The van der Waals surface area contributed by atoms with Crippen molar-refractivity contribution >= 4 is 23.4 Å². The molecule has 1 saturated carbocycles. The van der Waals surface area contributed by atoms with E-state index in [9.17, 15) is 4.79 Å². The van der Waals surface area contributed by atoms with Crippen molar-refractivity contribution in [2.45, 2.75) is 36.1 Å². The second kappa shape index (κ2) is 8.06. The molecular weight excluding hydrogens is 372 g/mol. The van der Waals surface area contributed by atoms with Gasteiger partial charge in [-0.25, -0.2) is 0 Å². The minimum Gasteiger partial charge on any atom is -0.497 e. The minimum atomic E-state index is -0.319. The third-order valence-electron chi connectivity index (χ3n) is 4.62. The van der Waals surface area contributed by atoms with Crippen molar-refractivity contribution in [3.8, 4) is 11.4 Å². The van der Waals surface area contributed by atoms with Gasteiger partial charge in [-0.05, 0) is 56.2 Å². The van der Waals surface area contributed by atoms with Gasteiger partial charge in [-0.15, -0.1) is 10.2 Å². The second-order valence-corrected chi connectivity index (χ2v) is 8.07. The van der Waals surface area contributed by atoms with Crippen LogP contribution in [0.5, 0.6) is 5.75 Å². The van der Waals surface area contributed by atoms with Gasteiger partial charge in [-0.3, -0.25) is 9.36 Å². The summed E-state index contributed by atoms with van der Waals surface area (Å²) in [6.45, 7) is 1.88. The van der Waals surface area contributed by atoms with Crippen molar-refractivity contribution in [1.82, 2.24) is 14.8 Å². The Morgan fingerprint density at radius 2 is 1.86 bits per heavy atom. The van der Waals surface area contributed by atoms with Crippen molar-refractivity contribution in [3.63, 3.8) is 0 Å². The predicted molar refractivity (Wildman–Crippen MR) is 110 cm³/mol. The summed E-state index contributed by atoms with van der Waals surface area (Å²) in [5.74, 6) is 2.12. The highest BCUT2D eigenvalue weighted by Crippen LogP contribution is 2.41. The molecule has 0 radical (unpaired) electrons. The number of para-hydroxylation sites is 1. The van der Waals surface area contributed by atoms with E-state index in [-0.39, 0.29) is 11.2 Å². The molecule has 6 nitrogen and oxygen atoms in total. The van der Waals surface area contributed by atoms with Crippen molar-refractivity contribution in [2.75, 3.05) is 12.4 Å². The molecule has 1 aliphatic rings. The number of hydrogen-bond acceptors (Lipinski definition) is 5. The smallest absolute Gasteiger partial charge is 0.237 e. The number of thioether (sulfide) groups is 1. The Kier molecular flexibility index (Phi) is 5.34. The topological polar surface area (TPSA) is 69.0 Å². The maximum atomic E-state index is 12.7. The molecule has 144 valence electrons. The van der Waals surface area contributed by atoms with Crippen LogP contribution in [0.25, 0.3) is 5.69 Å². The first-order valence-corrected chi connectivity index (χ1v) is 10.2. The summed E-state index contributed by atoms with van der Waals surface area (Å²) in [6, 6.07) is 17.4. The van der Waals surface area contributed by atoms with Crippen LogP contribution in [-0.4, -0.2) is 33.0 Å². The van der Waals surface area contributed by atoms with Gasteiger partial charge >= 0.3 is 0 Å². The molecule has 1 unspecified atom stereocenters. The summed E-state index contributed by atoms with van der Waals surface area (Å²) in [5, 5.41) is 12.2. The average molecular weight is 395 g/mol. The van der Waals surface area contributed by atoms with Gasteiger partial charge in [-0.2, -0.15) is 0 Å². The van der Waals surface area contributed by atoms with E-state index in [4.69, 9.17) is 4.74 Å². The number of ether oxygens (including phenoxy) is 1. The van der Waals surface area contributed by atoms with E-state index < -0.39 is 0 Å². The molecular formula is C21H22N4O2S. The van der Waals surface area contributed by atoms with Crippen molar-refractivity contribution in [2.24, 2.45) is 0 Å². The maximum absolute atomic E-state index is 12.7. The molecule has 28 heavy (non-hydrogen) atoms. The number of carbonyl (C=O) groups is 1. The molecule has 1 aliphatic carbocycles. The minimum absolute atomic E-state index is 0.0780. The molecule has 2 aromatic carbocycles. The second-order valence-electron chi connectivity index (χ2n) is 6.76. The SMILES string of the molecule is COc1ccc(NC(=O)C(C)Sc2nnc(C3CC3)n2-c2ccccc2)cc1. The molecule has 1 amide bonds. The van der Waals surface area contributed by atoms with E-state index in [0.29, 0.717) is 5.92 Å². The van der Waals surface area contributed by atoms with E-state index in [2.05, 4.69) is 20.1 Å². The zero-order chi connectivity index (χ0) is 19.5. The zero-order valence-corrected chi connectivity index (χ0v) is 16.6. The van der Waals surface area contributed by atoms with Gasteiger partial charge in [0.2, 0.25) is 5.91 Å². The largest absolute Gasteiger partial charge is 0.497 e. The molecule has 1 N–H and O–H groups in total. The summed E-state index contributed by atoms with van der Waals surface area (Å²) in [4.78, 5) is 12.7. The summed E-state index contributed by atoms with van der Waals surface area (Å²) in [5.41, 5.74) is 1.76. The Morgan fingerprint density at radius 3 is 2.50 bits per heavy atom. The van der Waals surface area contributed by atoms with Crippen LogP contribution in [0.2, 0.25) is 0 Å². The lowest BCUT2D eigenvalue weighted by Gasteiger charge is -2.14. The number of anilines is 1. The number of amides is 1. The Morgan fingerprint density at radius 1 is 1.14 bits per heavy atom. The van der Waals surface area contributed by atoms with Crippen molar-refractivity contribution in [3.05, 3.63) is 60.4 Å². The van der Waals surface area contributed by atoms with Gasteiger partial charge in [0, 0.05) is 17.3 Å². The van der Waals surface area contributed by atoms with Crippen LogP contribution >= 0.6 is 11.8 Å². The number of rotatable bonds is 7. The van der Waals surface area contributed by atoms with Crippen LogP contribution in [0, 0.1) is 0 Å². The number of benzene rings is 2. The van der Waals surface area contributed by atoms with Crippen molar-refractivity contribution < 1.29 is 9.53 Å². The van der Waals surface area contributed by atoms with Gasteiger partial charge in [-0.1, -0.05) is 30.0 Å². The number of methoxy groups -OCH3 is 1. The molecule has 1 aromatic heterocycles. The van der Waals surface area contributed by atoms with Gasteiger partial charge in [0.15, 0.2) is 5.16 Å². The lowest BCUT2D eigenvalue weighted by atomic mass is 10.3. The summed E-state index contributed by atoms with van der Waals surface area (Å²) < 4.78 is 7.23. The summed E-state index contributed by atoms with van der Waals surface area (Å²) in [7, 11) is 1.62. The quantitative estimate of drug-likeness (QED) is 0.606. The molecule has 7 heteroatoms. The highest BCUT2D eigenvalue weighted by Gasteiger charge is 2.31. The first-order valence-electron chi connectivity index (χ1n) is 9.28. The Labute approximate surface area is 168 Å². The van der Waals surface area contributed by atoms with E-state index >= 15 is 0 Å². The zero-order valence-electron chi connectivity index (χ0n) is 15.8. The third kappa shape index (κ3) is 4.04. The third-order valence-corrected chi connectivity index (χ3v) is 5.67. The highest BCUT2D eigenvalue weighted by molar-refractivity contribution is 8.00. The van der Waals surface area contributed by atoms with Gasteiger partial charge in [0.05, 0.1) is 12.4 Å². The number of carbonyl (C=O) groups excluding carboxylic acids is 1. The fourth-order valence-electron chi connectivity index (χ4n) is 2.91. The average Bonchev–Trinajstić information content (AvgIpc) is 3.49. The van der Waals surface area contributed by atoms with Crippen LogP contribution in [0.15, 0.2) is 59.8 Å². The van der Waals surface area contributed by atoms with Crippen LogP contribution in [0.1, 0.15) is 31.5 Å². The molecule has 1 fully saturated rings. The van der Waals surface area contributed by atoms with Crippen LogP contribution < -0.4 is 10.1 Å². The maximum Gasteiger partial charge on any atom is 0.237 e. The predicted octanol–water partition coefficient (Wildman–Crippen LogP) is 4.27. The molecule has 0 saturated heterocycles. The molecule has 1 atom stereocenters. The van der Waals surface area contributed by atoms with Gasteiger partial charge in [0.1, 0.15) is 11.6 Å². The Bertz CT molecular complexity index is 952. The molecule has 0 spiro atoms. The van der Waals surface area contributed by atoms with E-state index in [0.717, 1.165) is 40.9 Å². The molecule has 3 aromatic rings. The van der Waals surface area contributed by atoms with Crippen molar-refractivity contribution in [1.29, 1.82) is 0 Å². The standard InChI is InChI=1S/C21H22N4O2S/c1-14(20(26)22-16-10-12-18(27-2)13-11-16)28-21-24-23-19(15-8-9-15)25(21)17-6-4-3-5-7-17/h3-7,10-15H,8-9H2,1-2H3,(H,22,26). The van der Waals surface area contributed by atoms with E-state index in [1.165, 1.54) is 11.8 Å². The van der Waals surface area contributed by atoms with Crippen LogP contribution in [-0.2, 0) is 4.79 Å². The van der Waals surface area contributed by atoms with Gasteiger partial charge < -0.3 is 10.1 Å². The van der Waals surface area contributed by atoms with E-state index in [1.807, 2.05) is 61.5 Å². The first-order chi connectivity index (χ1) is 13.7. The molecule has 1 heterocycles. The van der Waals surface area contributed by atoms with E-state index in [1.54, 1.807) is 7.11 Å². The Hall–Kier alpha value is -2.80. The lowest BCUT2D eigenvalue weighted by Crippen LogP contribution is -2.22. The highest BCUT2D eigenvalue weighted by atomic mass is 32.2. The Balaban J connectivity index is 1.51. The number of aromatic nitrogens is 3. The van der Waals surface area contributed by atoms with Crippen LogP contribution in [0.4, 0.5) is 5.69 Å². The first kappa shape index (κ1) is 18.6. The fraction of sp³-hybridized carbons (Fsp3) is 0.286. The summed E-state index contributed by atoms with van der Waals surface area (Å²) >= 11 is 1.42. The number of hydrogen-bond donors (Lipinski definition) is 1. The molecule has 0 aliphatic heterocycles. The fourth-order valence-corrected chi connectivity index (χ4v) is 3.79. The molecule has 0 bridgehead atoms. The number of nitrogens with zero attached hydrogens (tertiary/aromatic N) is 3. The van der Waals surface area contributed by atoms with Gasteiger partial charge in [0.25, 0.3) is 0 Å². The lowest BCUT2D eigenvalue weighted by molar-refractivity contribution is -0.115. The normalized spacial score (nSPS) is 14.5. The molecule has 4 rings (SSSR count).